The van der Waals surface area contributed by atoms with Crippen LogP contribution in [-0.4, -0.2) is 17.8 Å². The molecule has 0 heterocycles. The van der Waals surface area contributed by atoms with Crippen LogP contribution in [0.4, 0.5) is 0 Å². The third kappa shape index (κ3) is 4.53. The van der Waals surface area contributed by atoms with Crippen molar-refractivity contribution in [3.63, 3.8) is 0 Å². The molecule has 0 spiro atoms. The summed E-state index contributed by atoms with van der Waals surface area (Å²) in [7, 11) is 0. The number of hydrogen-bond donors (Lipinski definition) is 1. The number of hydrogen-bond acceptors (Lipinski definition) is 2. The van der Waals surface area contributed by atoms with Gasteiger partial charge in [-0.2, -0.15) is 11.8 Å². The van der Waals surface area contributed by atoms with Crippen LogP contribution in [0.25, 0.3) is 0 Å². The highest BCUT2D eigenvalue weighted by Crippen LogP contribution is 2.37. The Morgan fingerprint density at radius 3 is 2.60 bits per heavy atom. The van der Waals surface area contributed by atoms with Gasteiger partial charge in [0.2, 0.25) is 0 Å². The zero-order valence-electron chi connectivity index (χ0n) is 13.1. The van der Waals surface area contributed by atoms with Crippen LogP contribution in [0.3, 0.4) is 0 Å². The second-order valence-electron chi connectivity index (χ2n) is 6.38. The zero-order chi connectivity index (χ0) is 14.4. The highest BCUT2D eigenvalue weighted by atomic mass is 32.2. The number of benzene rings is 1. The van der Waals surface area contributed by atoms with Gasteiger partial charge in [0, 0.05) is 17.0 Å². The Hall–Kier alpha value is -0.470. The molecule has 1 saturated carbocycles. The lowest BCUT2D eigenvalue weighted by atomic mass is 9.80. The van der Waals surface area contributed by atoms with E-state index in [1.54, 1.807) is 0 Å². The molecule has 1 aliphatic rings. The molecule has 1 aromatic carbocycles. The van der Waals surface area contributed by atoms with Crippen LogP contribution in [0.1, 0.15) is 45.6 Å². The quantitative estimate of drug-likeness (QED) is 0.813. The molecule has 0 aromatic heterocycles. The minimum absolute atomic E-state index is 0.697. The summed E-state index contributed by atoms with van der Waals surface area (Å²) in [5.74, 6) is 2.84. The van der Waals surface area contributed by atoms with Crippen LogP contribution < -0.4 is 5.32 Å². The van der Waals surface area contributed by atoms with E-state index in [1.165, 1.54) is 24.8 Å². The highest BCUT2D eigenvalue weighted by molar-refractivity contribution is 7.99. The molecular weight excluding hydrogens is 262 g/mol. The molecule has 1 N–H and O–H groups in total. The standard InChI is InChI=1S/C18H29NS/c1-4-10-19-17-12-14(2)11-15(3)18(17)20-13-16-8-6-5-7-9-16/h5-9,14-15,17-19H,4,10-13H2,1-3H3. The minimum Gasteiger partial charge on any atom is -0.313 e. The Kier molecular flexibility index (Phi) is 6.44. The van der Waals surface area contributed by atoms with Crippen molar-refractivity contribution in [3.8, 4) is 0 Å². The largest absolute Gasteiger partial charge is 0.313 e. The van der Waals surface area contributed by atoms with E-state index < -0.39 is 0 Å². The fraction of sp³-hybridized carbons (Fsp3) is 0.667. The maximum atomic E-state index is 3.80. The first-order valence-electron chi connectivity index (χ1n) is 8.09. The third-order valence-corrected chi connectivity index (χ3v) is 6.01. The van der Waals surface area contributed by atoms with E-state index in [-0.39, 0.29) is 0 Å². The van der Waals surface area contributed by atoms with E-state index in [0.29, 0.717) is 6.04 Å². The van der Waals surface area contributed by atoms with Gasteiger partial charge in [-0.05, 0) is 43.2 Å². The lowest BCUT2D eigenvalue weighted by Gasteiger charge is -2.40. The third-order valence-electron chi connectivity index (χ3n) is 4.33. The first-order chi connectivity index (χ1) is 9.70. The molecular formula is C18H29NS. The lowest BCUT2D eigenvalue weighted by molar-refractivity contribution is 0.249. The van der Waals surface area contributed by atoms with Crippen molar-refractivity contribution in [1.82, 2.24) is 5.32 Å². The van der Waals surface area contributed by atoms with Gasteiger partial charge in [0.1, 0.15) is 0 Å². The molecule has 112 valence electrons. The first-order valence-corrected chi connectivity index (χ1v) is 9.14. The Morgan fingerprint density at radius 1 is 1.15 bits per heavy atom. The van der Waals surface area contributed by atoms with Crippen molar-refractivity contribution in [2.24, 2.45) is 11.8 Å². The van der Waals surface area contributed by atoms with Crippen LogP contribution >= 0.6 is 11.8 Å². The van der Waals surface area contributed by atoms with Crippen molar-refractivity contribution in [1.29, 1.82) is 0 Å². The fourth-order valence-corrected chi connectivity index (χ4v) is 4.86. The van der Waals surface area contributed by atoms with E-state index in [9.17, 15) is 0 Å². The van der Waals surface area contributed by atoms with Gasteiger partial charge in [0.25, 0.3) is 0 Å². The van der Waals surface area contributed by atoms with Gasteiger partial charge in [-0.3, -0.25) is 0 Å². The van der Waals surface area contributed by atoms with Crippen LogP contribution in [0.15, 0.2) is 30.3 Å². The summed E-state index contributed by atoms with van der Waals surface area (Å²) in [4.78, 5) is 0. The normalized spacial score (nSPS) is 30.4. The molecule has 1 fully saturated rings. The highest BCUT2D eigenvalue weighted by Gasteiger charge is 2.33. The predicted molar refractivity (Wildman–Crippen MR) is 91.2 cm³/mol. The summed E-state index contributed by atoms with van der Waals surface area (Å²) in [6.07, 6.45) is 3.96. The van der Waals surface area contributed by atoms with E-state index in [1.807, 2.05) is 0 Å². The van der Waals surface area contributed by atoms with E-state index >= 15 is 0 Å². The second kappa shape index (κ2) is 8.09. The van der Waals surface area contributed by atoms with Crippen molar-refractivity contribution >= 4 is 11.8 Å². The number of nitrogens with one attached hydrogen (secondary N) is 1. The van der Waals surface area contributed by atoms with Gasteiger partial charge in [-0.15, -0.1) is 0 Å². The monoisotopic (exact) mass is 291 g/mol. The molecule has 0 bridgehead atoms. The molecule has 0 aliphatic heterocycles. The summed E-state index contributed by atoms with van der Waals surface area (Å²) in [6.45, 7) is 8.27. The maximum Gasteiger partial charge on any atom is 0.0230 e. The molecule has 0 saturated heterocycles. The summed E-state index contributed by atoms with van der Waals surface area (Å²) in [6, 6.07) is 11.6. The van der Waals surface area contributed by atoms with Crippen molar-refractivity contribution in [2.75, 3.05) is 6.54 Å². The van der Waals surface area contributed by atoms with Gasteiger partial charge >= 0.3 is 0 Å². The number of thioether (sulfide) groups is 1. The Balaban J connectivity index is 1.94. The van der Waals surface area contributed by atoms with Crippen LogP contribution in [0.2, 0.25) is 0 Å². The summed E-state index contributed by atoms with van der Waals surface area (Å²) < 4.78 is 0. The van der Waals surface area contributed by atoms with Crippen LogP contribution in [0.5, 0.6) is 0 Å². The van der Waals surface area contributed by atoms with E-state index in [4.69, 9.17) is 0 Å². The molecule has 4 atom stereocenters. The zero-order valence-corrected chi connectivity index (χ0v) is 14.0. The van der Waals surface area contributed by atoms with Crippen molar-refractivity contribution < 1.29 is 0 Å². The molecule has 0 radical (unpaired) electrons. The van der Waals surface area contributed by atoms with Gasteiger partial charge in [0.15, 0.2) is 0 Å². The van der Waals surface area contributed by atoms with Gasteiger partial charge in [-0.1, -0.05) is 51.1 Å². The van der Waals surface area contributed by atoms with Crippen LogP contribution in [-0.2, 0) is 5.75 Å². The average Bonchev–Trinajstić information content (AvgIpc) is 2.45. The molecule has 0 amide bonds. The van der Waals surface area contributed by atoms with E-state index in [0.717, 1.165) is 29.4 Å². The molecule has 2 rings (SSSR count). The summed E-state index contributed by atoms with van der Waals surface area (Å²) >= 11 is 2.16. The topological polar surface area (TPSA) is 12.0 Å². The fourth-order valence-electron chi connectivity index (χ4n) is 3.41. The lowest BCUT2D eigenvalue weighted by Crippen LogP contribution is -2.46. The van der Waals surface area contributed by atoms with Crippen molar-refractivity contribution in [2.45, 2.75) is 57.1 Å². The molecule has 1 nitrogen and oxygen atoms in total. The van der Waals surface area contributed by atoms with Crippen LogP contribution in [0, 0.1) is 11.8 Å². The van der Waals surface area contributed by atoms with E-state index in [2.05, 4.69) is 68.2 Å². The molecule has 1 aromatic rings. The smallest absolute Gasteiger partial charge is 0.0230 e. The molecule has 2 heteroatoms. The second-order valence-corrected chi connectivity index (χ2v) is 7.54. The first kappa shape index (κ1) is 15.9. The van der Waals surface area contributed by atoms with Crippen molar-refractivity contribution in [3.05, 3.63) is 35.9 Å². The minimum atomic E-state index is 0.697. The summed E-state index contributed by atoms with van der Waals surface area (Å²) in [5.41, 5.74) is 1.46. The molecule has 20 heavy (non-hydrogen) atoms. The SMILES string of the molecule is CCCNC1CC(C)CC(C)C1SCc1ccccc1. The van der Waals surface area contributed by atoms with Gasteiger partial charge < -0.3 is 5.32 Å². The molecule has 4 unspecified atom stereocenters. The van der Waals surface area contributed by atoms with Gasteiger partial charge in [-0.25, -0.2) is 0 Å². The average molecular weight is 292 g/mol. The van der Waals surface area contributed by atoms with Gasteiger partial charge in [0.05, 0.1) is 0 Å². The Bertz CT molecular complexity index is 378. The Morgan fingerprint density at radius 2 is 1.90 bits per heavy atom. The summed E-state index contributed by atoms with van der Waals surface area (Å²) in [5, 5.41) is 4.56. The Labute approximate surface area is 128 Å². The number of rotatable bonds is 6. The maximum absolute atomic E-state index is 3.80. The molecule has 1 aliphatic carbocycles. The predicted octanol–water partition coefficient (Wildman–Crippen LogP) is 4.72.